The van der Waals surface area contributed by atoms with Gasteiger partial charge in [-0.05, 0) is 54.0 Å². The number of hydrogen-bond donors (Lipinski definition) is 2. The molecule has 0 bridgehead atoms. The van der Waals surface area contributed by atoms with Crippen LogP contribution >= 0.6 is 35.7 Å². The number of nitrogens with one attached hydrogen (secondary N) is 2. The van der Waals surface area contributed by atoms with E-state index in [-0.39, 0.29) is 34.3 Å². The molecule has 0 aromatic rings. The second-order valence-corrected chi connectivity index (χ2v) is 8.26. The molecule has 0 amide bonds. The molecule has 0 atom stereocenters. The zero-order valence-corrected chi connectivity index (χ0v) is 18.7. The molecule has 1 fully saturated rings. The van der Waals surface area contributed by atoms with Crippen LogP contribution in [0, 0.1) is 0 Å². The van der Waals surface area contributed by atoms with E-state index in [0.29, 0.717) is 0 Å². The molecule has 7 heteroatoms. The lowest BCUT2D eigenvalue weighted by atomic mass is 9.88. The first-order valence-electron chi connectivity index (χ1n) is 8.18. The predicted octanol–water partition coefficient (Wildman–Crippen LogP) is 2.41. The van der Waals surface area contributed by atoms with Gasteiger partial charge in [-0.3, -0.25) is 4.99 Å². The quantitative estimate of drug-likeness (QED) is 0.349. The monoisotopic (exact) mass is 458 g/mol. The maximum atomic E-state index is 5.53. The Morgan fingerprint density at radius 3 is 2.35 bits per heavy atom. The summed E-state index contributed by atoms with van der Waals surface area (Å²) >= 11 is 1.85. The fraction of sp³-hybridized carbons (Fsp3) is 0.938. The van der Waals surface area contributed by atoms with Crippen molar-refractivity contribution in [2.24, 2.45) is 4.99 Å². The molecule has 2 N–H and O–H groups in total. The van der Waals surface area contributed by atoms with Crippen LogP contribution in [0.15, 0.2) is 4.99 Å². The van der Waals surface area contributed by atoms with Gasteiger partial charge in [0.05, 0.1) is 6.54 Å². The number of halogens is 1. The topological polar surface area (TPSA) is 48.9 Å². The highest BCUT2D eigenvalue weighted by Crippen LogP contribution is 2.25. The summed E-state index contributed by atoms with van der Waals surface area (Å²) in [7, 11) is 4.32. The fourth-order valence-corrected chi connectivity index (χ4v) is 2.65. The Bertz CT molecular complexity index is 358. The second-order valence-electron chi connectivity index (χ2n) is 6.74. The molecule has 1 saturated heterocycles. The zero-order valence-electron chi connectivity index (χ0n) is 15.6. The molecule has 1 rings (SSSR count). The molecule has 0 spiro atoms. The van der Waals surface area contributed by atoms with E-state index in [1.165, 1.54) is 0 Å². The Morgan fingerprint density at radius 1 is 1.26 bits per heavy atom. The van der Waals surface area contributed by atoms with Gasteiger partial charge in [0.15, 0.2) is 5.96 Å². The molecule has 5 nitrogen and oxygen atoms in total. The van der Waals surface area contributed by atoms with E-state index in [1.807, 2.05) is 11.8 Å². The van der Waals surface area contributed by atoms with Crippen LogP contribution in [0.5, 0.6) is 0 Å². The lowest BCUT2D eigenvalue weighted by Gasteiger charge is -2.43. The summed E-state index contributed by atoms with van der Waals surface area (Å²) in [6.07, 6.45) is 4.25. The van der Waals surface area contributed by atoms with E-state index < -0.39 is 0 Å². The maximum absolute atomic E-state index is 5.53. The van der Waals surface area contributed by atoms with E-state index in [4.69, 9.17) is 9.73 Å². The summed E-state index contributed by atoms with van der Waals surface area (Å²) in [5.41, 5.74) is 0.156. The van der Waals surface area contributed by atoms with Crippen molar-refractivity contribution in [1.82, 2.24) is 15.5 Å². The fourth-order valence-electron chi connectivity index (χ4n) is 2.46. The molecule has 1 heterocycles. The van der Waals surface area contributed by atoms with E-state index in [1.54, 1.807) is 0 Å². The number of likely N-dealkylation sites (N-methyl/N-ethyl adjacent to an activating group) is 1. The number of rotatable bonds is 7. The largest absolute Gasteiger partial charge is 0.381 e. The molecule has 0 aromatic heterocycles. The average Bonchev–Trinajstić information content (AvgIpc) is 2.51. The van der Waals surface area contributed by atoms with Crippen LogP contribution < -0.4 is 10.6 Å². The van der Waals surface area contributed by atoms with Gasteiger partial charge in [-0.25, -0.2) is 0 Å². The van der Waals surface area contributed by atoms with Crippen molar-refractivity contribution in [3.8, 4) is 0 Å². The number of nitrogens with zero attached hydrogens (tertiary/aromatic N) is 2. The first kappa shape index (κ1) is 23.3. The molecule has 0 saturated carbocycles. The van der Waals surface area contributed by atoms with Gasteiger partial charge in [-0.1, -0.05) is 0 Å². The summed E-state index contributed by atoms with van der Waals surface area (Å²) in [6.45, 7) is 10.8. The lowest BCUT2D eigenvalue weighted by Crippen LogP contribution is -2.57. The van der Waals surface area contributed by atoms with Crippen LogP contribution in [-0.2, 0) is 4.74 Å². The smallest absolute Gasteiger partial charge is 0.191 e. The van der Waals surface area contributed by atoms with Gasteiger partial charge in [0, 0.05) is 36.6 Å². The Hall–Kier alpha value is 0.270. The Morgan fingerprint density at radius 2 is 1.87 bits per heavy atom. The maximum Gasteiger partial charge on any atom is 0.191 e. The number of aliphatic imine (C=N–C) groups is 1. The van der Waals surface area contributed by atoms with Gasteiger partial charge in [-0.15, -0.1) is 24.0 Å². The molecule has 23 heavy (non-hydrogen) atoms. The van der Waals surface area contributed by atoms with Gasteiger partial charge < -0.3 is 20.3 Å². The van der Waals surface area contributed by atoms with Crippen LogP contribution in [0.4, 0.5) is 0 Å². The normalized spacial score (nSPS) is 18.5. The third-order valence-corrected chi connectivity index (χ3v) is 5.71. The van der Waals surface area contributed by atoms with Crippen LogP contribution in [-0.4, -0.2) is 74.3 Å². The summed E-state index contributed by atoms with van der Waals surface area (Å²) in [6, 6.07) is 0. The van der Waals surface area contributed by atoms with Crippen LogP contribution in [0.2, 0.25) is 0 Å². The second kappa shape index (κ2) is 11.0. The van der Waals surface area contributed by atoms with Crippen molar-refractivity contribution in [1.29, 1.82) is 0 Å². The van der Waals surface area contributed by atoms with Crippen molar-refractivity contribution in [3.05, 3.63) is 0 Å². The summed E-state index contributed by atoms with van der Waals surface area (Å²) in [5, 5.41) is 6.90. The number of ether oxygens (including phenoxy) is 1. The molecular formula is C16H35IN4OS. The van der Waals surface area contributed by atoms with E-state index in [2.05, 4.69) is 56.7 Å². The van der Waals surface area contributed by atoms with Gasteiger partial charge in [-0.2, -0.15) is 11.8 Å². The summed E-state index contributed by atoms with van der Waals surface area (Å²) in [4.78, 5) is 7.09. The van der Waals surface area contributed by atoms with Crippen LogP contribution in [0.25, 0.3) is 0 Å². The molecule has 1 aliphatic heterocycles. The van der Waals surface area contributed by atoms with Crippen molar-refractivity contribution >= 4 is 41.7 Å². The van der Waals surface area contributed by atoms with Crippen molar-refractivity contribution < 1.29 is 4.74 Å². The van der Waals surface area contributed by atoms with Crippen molar-refractivity contribution in [2.75, 3.05) is 53.2 Å². The number of hydrogen-bond acceptors (Lipinski definition) is 4. The minimum atomic E-state index is 0. The minimum Gasteiger partial charge on any atom is -0.381 e. The highest BCUT2D eigenvalue weighted by atomic mass is 127. The highest BCUT2D eigenvalue weighted by Gasteiger charge is 2.34. The highest BCUT2D eigenvalue weighted by molar-refractivity contribution is 14.0. The molecule has 0 radical (unpaired) electrons. The standard InChI is InChI=1S/C16H34N4OS.HI/c1-7-17-14(18-12-15(2,3)22-6)19-13-16(20(4)5)8-10-21-11-9-16;/h7-13H2,1-6H3,(H2,17,18,19);1H. The van der Waals surface area contributed by atoms with Gasteiger partial charge in [0.25, 0.3) is 0 Å². The summed E-state index contributed by atoms with van der Waals surface area (Å²) in [5.74, 6) is 0.914. The van der Waals surface area contributed by atoms with Crippen LogP contribution in [0.3, 0.4) is 0 Å². The number of guanidine groups is 1. The van der Waals surface area contributed by atoms with Crippen molar-refractivity contribution in [2.45, 2.75) is 43.9 Å². The molecule has 0 aromatic carbocycles. The molecular weight excluding hydrogens is 423 g/mol. The van der Waals surface area contributed by atoms with E-state index in [0.717, 1.165) is 51.6 Å². The molecule has 0 aliphatic carbocycles. The number of thioether (sulfide) groups is 1. The van der Waals surface area contributed by atoms with E-state index in [9.17, 15) is 0 Å². The van der Waals surface area contributed by atoms with Crippen molar-refractivity contribution in [3.63, 3.8) is 0 Å². The van der Waals surface area contributed by atoms with Gasteiger partial charge in [0.2, 0.25) is 0 Å². The first-order valence-corrected chi connectivity index (χ1v) is 9.40. The third kappa shape index (κ3) is 7.79. The van der Waals surface area contributed by atoms with Gasteiger partial charge in [0.1, 0.15) is 0 Å². The SMILES string of the molecule is CCNC(=NCC(C)(C)SC)NCC1(N(C)C)CCOCC1.I. The molecule has 138 valence electrons. The minimum absolute atomic E-state index is 0. The molecule has 1 aliphatic rings. The first-order chi connectivity index (χ1) is 10.4. The van der Waals surface area contributed by atoms with Crippen LogP contribution in [0.1, 0.15) is 33.6 Å². The van der Waals surface area contributed by atoms with Gasteiger partial charge >= 0.3 is 0 Å². The average molecular weight is 458 g/mol. The molecule has 0 unspecified atom stereocenters. The zero-order chi connectivity index (χ0) is 16.6. The van der Waals surface area contributed by atoms with E-state index >= 15 is 0 Å². The lowest BCUT2D eigenvalue weighted by molar-refractivity contribution is -0.00501. The Kier molecular flexibility index (Phi) is 11.1. The Labute approximate surface area is 163 Å². The predicted molar refractivity (Wildman–Crippen MR) is 113 cm³/mol. The Balaban J connectivity index is 0.00000484. The third-order valence-electron chi connectivity index (χ3n) is 4.47. The summed E-state index contributed by atoms with van der Waals surface area (Å²) < 4.78 is 5.70.